The van der Waals surface area contributed by atoms with Crippen molar-refractivity contribution in [2.24, 2.45) is 0 Å². The van der Waals surface area contributed by atoms with E-state index >= 15 is 0 Å². The van der Waals surface area contributed by atoms with Gasteiger partial charge in [0.05, 0.1) is 23.4 Å². The van der Waals surface area contributed by atoms with E-state index in [1.54, 1.807) is 18.3 Å². The maximum absolute atomic E-state index is 12.4. The summed E-state index contributed by atoms with van der Waals surface area (Å²) in [6.07, 6.45) is -0.726. The van der Waals surface area contributed by atoms with Gasteiger partial charge in [0.25, 0.3) is 6.43 Å². The molecule has 0 bridgehead atoms. The smallest absolute Gasteiger partial charge is 0.258 e. The Bertz CT molecular complexity index is 453. The van der Waals surface area contributed by atoms with Crippen LogP contribution in [0.1, 0.15) is 6.92 Å². The molecular weight excluding hydrogens is 200 g/mol. The summed E-state index contributed by atoms with van der Waals surface area (Å²) >= 11 is 0. The molecule has 0 fully saturated rings. The van der Waals surface area contributed by atoms with Crippen LogP contribution in [0.15, 0.2) is 24.4 Å². The topological polar surface area (TPSA) is 40.7 Å². The van der Waals surface area contributed by atoms with E-state index < -0.39 is 12.5 Å². The van der Waals surface area contributed by atoms with Crippen molar-refractivity contribution in [1.82, 2.24) is 10.2 Å². The first-order valence-corrected chi connectivity index (χ1v) is 4.65. The van der Waals surface area contributed by atoms with Crippen LogP contribution >= 0.6 is 0 Å². The normalized spacial score (nSPS) is 13.3. The molecule has 0 aliphatic rings. The van der Waals surface area contributed by atoms with Crippen LogP contribution < -0.4 is 5.32 Å². The largest absolute Gasteiger partial charge is 0.375 e. The molecule has 80 valence electrons. The average Bonchev–Trinajstić information content (AvgIpc) is 2.66. The van der Waals surface area contributed by atoms with Crippen LogP contribution in [0.4, 0.5) is 14.5 Å². The predicted octanol–water partition coefficient (Wildman–Crippen LogP) is 2.63. The molecule has 0 saturated carbocycles. The van der Waals surface area contributed by atoms with Crippen molar-refractivity contribution in [3.05, 3.63) is 24.4 Å². The number of benzene rings is 1. The van der Waals surface area contributed by atoms with Crippen molar-refractivity contribution >= 4 is 16.6 Å². The van der Waals surface area contributed by atoms with Gasteiger partial charge in [-0.15, -0.1) is 0 Å². The van der Waals surface area contributed by atoms with Gasteiger partial charge >= 0.3 is 0 Å². The van der Waals surface area contributed by atoms with E-state index in [9.17, 15) is 8.78 Å². The van der Waals surface area contributed by atoms with Crippen molar-refractivity contribution < 1.29 is 8.78 Å². The molecule has 2 aromatic rings. The van der Waals surface area contributed by atoms with Crippen molar-refractivity contribution in [3.8, 4) is 0 Å². The van der Waals surface area contributed by atoms with E-state index in [4.69, 9.17) is 0 Å². The number of alkyl halides is 2. The molecule has 1 atom stereocenters. The van der Waals surface area contributed by atoms with Gasteiger partial charge in [-0.25, -0.2) is 8.78 Å². The highest BCUT2D eigenvalue weighted by Gasteiger charge is 2.15. The van der Waals surface area contributed by atoms with E-state index in [-0.39, 0.29) is 0 Å². The maximum atomic E-state index is 12.4. The highest BCUT2D eigenvalue weighted by Crippen LogP contribution is 2.22. The fourth-order valence-electron chi connectivity index (χ4n) is 1.40. The molecule has 3 nitrogen and oxygen atoms in total. The summed E-state index contributed by atoms with van der Waals surface area (Å²) in [6.45, 7) is 1.44. The molecular formula is C10H11F2N3. The minimum atomic E-state index is -2.39. The zero-order valence-corrected chi connectivity index (χ0v) is 8.17. The Kier molecular flexibility index (Phi) is 2.53. The molecule has 0 radical (unpaired) electrons. The molecule has 0 spiro atoms. The molecule has 1 aromatic heterocycles. The summed E-state index contributed by atoms with van der Waals surface area (Å²) in [4.78, 5) is 0. The molecule has 0 amide bonds. The summed E-state index contributed by atoms with van der Waals surface area (Å²) < 4.78 is 24.7. The van der Waals surface area contributed by atoms with Crippen molar-refractivity contribution in [1.29, 1.82) is 0 Å². The summed E-state index contributed by atoms with van der Waals surface area (Å²) in [5, 5.41) is 10.3. The van der Waals surface area contributed by atoms with Gasteiger partial charge in [0, 0.05) is 5.39 Å². The second-order valence-corrected chi connectivity index (χ2v) is 3.41. The fraction of sp³-hybridized carbons (Fsp3) is 0.300. The quantitative estimate of drug-likeness (QED) is 0.819. The zero-order chi connectivity index (χ0) is 10.8. The standard InChI is InChI=1S/C10H11F2N3/c1-6(10(11)12)14-8-4-2-3-7-5-13-15-9(7)8/h2-6,10,14H,1H3,(H,13,15). The number of aromatic nitrogens is 2. The number of halogens is 2. The van der Waals surface area contributed by atoms with E-state index in [0.717, 1.165) is 10.9 Å². The Morgan fingerprint density at radius 1 is 1.40 bits per heavy atom. The SMILES string of the molecule is CC(Nc1cccc2cn[nH]c12)C(F)F. The molecule has 1 heterocycles. The van der Waals surface area contributed by atoms with Crippen molar-refractivity contribution in [2.75, 3.05) is 5.32 Å². The van der Waals surface area contributed by atoms with Gasteiger partial charge in [-0.05, 0) is 13.0 Å². The number of anilines is 1. The minimum Gasteiger partial charge on any atom is -0.375 e. The molecule has 0 saturated heterocycles. The molecule has 2 rings (SSSR count). The first kappa shape index (κ1) is 9.89. The Labute approximate surface area is 85.5 Å². The highest BCUT2D eigenvalue weighted by molar-refractivity contribution is 5.89. The number of H-pyrrole nitrogens is 1. The van der Waals surface area contributed by atoms with Gasteiger partial charge in [-0.1, -0.05) is 12.1 Å². The molecule has 0 aliphatic carbocycles. The Morgan fingerprint density at radius 3 is 2.93 bits per heavy atom. The van der Waals surface area contributed by atoms with Crippen molar-refractivity contribution in [2.45, 2.75) is 19.4 Å². The zero-order valence-electron chi connectivity index (χ0n) is 8.17. The number of aromatic amines is 1. The number of hydrogen-bond donors (Lipinski definition) is 2. The Balaban J connectivity index is 2.31. The van der Waals surface area contributed by atoms with E-state index in [0.29, 0.717) is 5.69 Å². The lowest BCUT2D eigenvalue weighted by atomic mass is 10.2. The summed E-state index contributed by atoms with van der Waals surface area (Å²) in [5.41, 5.74) is 1.41. The van der Waals surface area contributed by atoms with Gasteiger partial charge in [-0.2, -0.15) is 5.10 Å². The van der Waals surface area contributed by atoms with Crippen LogP contribution in [0.5, 0.6) is 0 Å². The second kappa shape index (κ2) is 3.84. The molecule has 0 aliphatic heterocycles. The van der Waals surface area contributed by atoms with E-state index in [1.165, 1.54) is 6.92 Å². The summed E-state index contributed by atoms with van der Waals surface area (Å²) in [7, 11) is 0. The van der Waals surface area contributed by atoms with Crippen LogP contribution in [0.3, 0.4) is 0 Å². The third-order valence-corrected chi connectivity index (χ3v) is 2.24. The van der Waals surface area contributed by atoms with Gasteiger partial charge in [0.2, 0.25) is 0 Å². The Hall–Kier alpha value is -1.65. The van der Waals surface area contributed by atoms with Gasteiger partial charge in [-0.3, -0.25) is 5.10 Å². The van der Waals surface area contributed by atoms with E-state index in [1.807, 2.05) is 6.07 Å². The van der Waals surface area contributed by atoms with E-state index in [2.05, 4.69) is 15.5 Å². The lowest BCUT2D eigenvalue weighted by molar-refractivity contribution is 0.131. The summed E-state index contributed by atoms with van der Waals surface area (Å²) in [5.74, 6) is 0. The van der Waals surface area contributed by atoms with Gasteiger partial charge < -0.3 is 5.32 Å². The third-order valence-electron chi connectivity index (χ3n) is 2.24. The molecule has 1 unspecified atom stereocenters. The maximum Gasteiger partial charge on any atom is 0.258 e. The number of para-hydroxylation sites is 1. The van der Waals surface area contributed by atoms with Crippen LogP contribution in [-0.4, -0.2) is 22.7 Å². The number of rotatable bonds is 3. The molecule has 2 N–H and O–H groups in total. The van der Waals surface area contributed by atoms with Crippen LogP contribution in [0.2, 0.25) is 0 Å². The Morgan fingerprint density at radius 2 is 2.20 bits per heavy atom. The van der Waals surface area contributed by atoms with Gasteiger partial charge in [0.1, 0.15) is 0 Å². The van der Waals surface area contributed by atoms with Crippen LogP contribution in [0, 0.1) is 0 Å². The predicted molar refractivity (Wildman–Crippen MR) is 55.2 cm³/mol. The minimum absolute atomic E-state index is 0.651. The lowest BCUT2D eigenvalue weighted by Gasteiger charge is -2.14. The molecule has 15 heavy (non-hydrogen) atoms. The first-order valence-electron chi connectivity index (χ1n) is 4.65. The third kappa shape index (κ3) is 1.91. The van der Waals surface area contributed by atoms with Crippen LogP contribution in [0.25, 0.3) is 10.9 Å². The molecule has 5 heteroatoms. The van der Waals surface area contributed by atoms with Crippen molar-refractivity contribution in [3.63, 3.8) is 0 Å². The first-order chi connectivity index (χ1) is 7.18. The van der Waals surface area contributed by atoms with Crippen LogP contribution in [-0.2, 0) is 0 Å². The number of fused-ring (bicyclic) bond motifs is 1. The number of hydrogen-bond acceptors (Lipinski definition) is 2. The summed E-state index contributed by atoms with van der Waals surface area (Å²) in [6, 6.07) is 4.55. The number of nitrogens with one attached hydrogen (secondary N) is 2. The monoisotopic (exact) mass is 211 g/mol. The second-order valence-electron chi connectivity index (χ2n) is 3.41. The fourth-order valence-corrected chi connectivity index (χ4v) is 1.40. The average molecular weight is 211 g/mol. The lowest BCUT2D eigenvalue weighted by Crippen LogP contribution is -2.23. The highest BCUT2D eigenvalue weighted by atomic mass is 19.3. The van der Waals surface area contributed by atoms with Gasteiger partial charge in [0.15, 0.2) is 0 Å². The number of nitrogens with zero attached hydrogens (tertiary/aromatic N) is 1. The molecule has 1 aromatic carbocycles.